The Bertz CT molecular complexity index is 1390. The molecule has 3 aromatic carbocycles. The van der Waals surface area contributed by atoms with Gasteiger partial charge in [-0.3, -0.25) is 9.59 Å². The van der Waals surface area contributed by atoms with Crippen molar-refractivity contribution in [2.75, 3.05) is 11.9 Å². The van der Waals surface area contributed by atoms with Crippen molar-refractivity contribution in [3.63, 3.8) is 0 Å². The zero-order valence-corrected chi connectivity index (χ0v) is 23.9. The molecule has 3 rings (SSSR count). The second-order valence-electron chi connectivity index (χ2n) is 11.0. The minimum atomic E-state index is -1.02. The second kappa shape index (κ2) is 13.1. The lowest BCUT2D eigenvalue weighted by Gasteiger charge is -2.35. The fourth-order valence-electron chi connectivity index (χ4n) is 4.40. The van der Waals surface area contributed by atoms with E-state index in [0.717, 1.165) is 16.3 Å². The SMILES string of the molecule is C=CCN(C(=O)C(NC(=O)OC(C)(C)C)C(C)C)C(C(=O)Nc1ccc2ccccc2c1)c1cccc(C=C)c1. The Morgan fingerprint density at radius 1 is 0.950 bits per heavy atom. The molecule has 7 nitrogen and oxygen atoms in total. The van der Waals surface area contributed by atoms with Gasteiger partial charge in [-0.2, -0.15) is 0 Å². The van der Waals surface area contributed by atoms with Crippen LogP contribution in [0, 0.1) is 5.92 Å². The van der Waals surface area contributed by atoms with Crippen LogP contribution < -0.4 is 10.6 Å². The first-order chi connectivity index (χ1) is 18.9. The van der Waals surface area contributed by atoms with Crippen LogP contribution in [-0.4, -0.2) is 41.0 Å². The Hall–Kier alpha value is -4.39. The molecular formula is C33H39N3O4. The molecule has 2 unspecified atom stereocenters. The number of carbonyl (C=O) groups is 3. The van der Waals surface area contributed by atoms with Gasteiger partial charge in [-0.25, -0.2) is 4.79 Å². The molecule has 0 heterocycles. The van der Waals surface area contributed by atoms with E-state index in [4.69, 9.17) is 4.74 Å². The Balaban J connectivity index is 2.03. The molecule has 0 saturated heterocycles. The van der Waals surface area contributed by atoms with Gasteiger partial charge in [0.15, 0.2) is 0 Å². The van der Waals surface area contributed by atoms with E-state index in [1.807, 2.05) is 74.5 Å². The van der Waals surface area contributed by atoms with Crippen molar-refractivity contribution in [1.29, 1.82) is 0 Å². The molecule has 0 aliphatic heterocycles. The number of amides is 3. The molecule has 0 bridgehead atoms. The largest absolute Gasteiger partial charge is 0.444 e. The number of alkyl carbamates (subject to hydrolysis) is 1. The zero-order chi connectivity index (χ0) is 29.4. The minimum absolute atomic E-state index is 0.0756. The van der Waals surface area contributed by atoms with Crippen LogP contribution in [0.15, 0.2) is 86.0 Å². The molecule has 2 atom stereocenters. The molecule has 3 amide bonds. The van der Waals surface area contributed by atoms with E-state index >= 15 is 0 Å². The lowest BCUT2D eigenvalue weighted by atomic mass is 9.97. The van der Waals surface area contributed by atoms with E-state index in [0.29, 0.717) is 11.3 Å². The number of nitrogens with one attached hydrogen (secondary N) is 2. The van der Waals surface area contributed by atoms with Gasteiger partial charge < -0.3 is 20.3 Å². The van der Waals surface area contributed by atoms with Gasteiger partial charge in [-0.05, 0) is 66.8 Å². The van der Waals surface area contributed by atoms with Gasteiger partial charge in [0.25, 0.3) is 5.91 Å². The van der Waals surface area contributed by atoms with E-state index < -0.39 is 35.6 Å². The Morgan fingerprint density at radius 2 is 1.65 bits per heavy atom. The molecular weight excluding hydrogens is 502 g/mol. The summed E-state index contributed by atoms with van der Waals surface area (Å²) < 4.78 is 5.41. The fraction of sp³-hybridized carbons (Fsp3) is 0.303. The molecule has 210 valence electrons. The van der Waals surface area contributed by atoms with Gasteiger partial charge in [-0.1, -0.05) is 81.1 Å². The van der Waals surface area contributed by atoms with E-state index in [1.165, 1.54) is 4.90 Å². The monoisotopic (exact) mass is 541 g/mol. The minimum Gasteiger partial charge on any atom is -0.444 e. The highest BCUT2D eigenvalue weighted by molar-refractivity contribution is 6.00. The number of ether oxygens (including phenoxy) is 1. The van der Waals surface area contributed by atoms with Crippen LogP contribution in [0.1, 0.15) is 51.8 Å². The van der Waals surface area contributed by atoms with Crippen molar-refractivity contribution in [3.05, 3.63) is 97.1 Å². The molecule has 0 aliphatic carbocycles. The summed E-state index contributed by atoms with van der Waals surface area (Å²) in [4.78, 5) is 42.2. The Kier molecular flexibility index (Phi) is 9.88. The number of hydrogen-bond donors (Lipinski definition) is 2. The summed E-state index contributed by atoms with van der Waals surface area (Å²) in [5.74, 6) is -1.11. The maximum absolute atomic E-state index is 14.1. The fourth-order valence-corrected chi connectivity index (χ4v) is 4.40. The summed E-state index contributed by atoms with van der Waals surface area (Å²) in [5.41, 5.74) is 1.28. The molecule has 7 heteroatoms. The van der Waals surface area contributed by atoms with E-state index in [2.05, 4.69) is 23.8 Å². The van der Waals surface area contributed by atoms with Crippen molar-refractivity contribution in [2.24, 2.45) is 5.92 Å². The van der Waals surface area contributed by atoms with Crippen LogP contribution in [0.3, 0.4) is 0 Å². The van der Waals surface area contributed by atoms with Crippen molar-refractivity contribution in [2.45, 2.75) is 52.3 Å². The number of hydrogen-bond acceptors (Lipinski definition) is 4. The van der Waals surface area contributed by atoms with Crippen LogP contribution in [0.2, 0.25) is 0 Å². The van der Waals surface area contributed by atoms with Crippen molar-refractivity contribution in [3.8, 4) is 0 Å². The van der Waals surface area contributed by atoms with E-state index in [-0.39, 0.29) is 12.5 Å². The molecule has 3 aromatic rings. The highest BCUT2D eigenvalue weighted by atomic mass is 16.6. The number of nitrogens with zero attached hydrogens (tertiary/aromatic N) is 1. The topological polar surface area (TPSA) is 87.7 Å². The molecule has 0 radical (unpaired) electrons. The maximum Gasteiger partial charge on any atom is 0.408 e. The van der Waals surface area contributed by atoms with Gasteiger partial charge in [0, 0.05) is 12.2 Å². The van der Waals surface area contributed by atoms with Crippen molar-refractivity contribution >= 4 is 40.4 Å². The number of benzene rings is 3. The number of rotatable bonds is 10. The van der Waals surface area contributed by atoms with Crippen LogP contribution in [0.5, 0.6) is 0 Å². The quantitative estimate of drug-likeness (QED) is 0.279. The molecule has 2 N–H and O–H groups in total. The predicted molar refractivity (Wildman–Crippen MR) is 162 cm³/mol. The zero-order valence-electron chi connectivity index (χ0n) is 23.9. The molecule has 40 heavy (non-hydrogen) atoms. The molecule has 0 fully saturated rings. The lowest BCUT2D eigenvalue weighted by molar-refractivity contribution is -0.141. The lowest BCUT2D eigenvalue weighted by Crippen LogP contribution is -2.54. The van der Waals surface area contributed by atoms with Crippen molar-refractivity contribution in [1.82, 2.24) is 10.2 Å². The smallest absolute Gasteiger partial charge is 0.408 e. The average molecular weight is 542 g/mol. The number of carbonyl (C=O) groups excluding carboxylic acids is 3. The Morgan fingerprint density at radius 3 is 2.27 bits per heavy atom. The van der Waals surface area contributed by atoms with Crippen LogP contribution >= 0.6 is 0 Å². The van der Waals surface area contributed by atoms with Gasteiger partial charge in [0.05, 0.1) is 0 Å². The summed E-state index contributed by atoms with van der Waals surface area (Å²) in [5, 5.41) is 7.74. The summed E-state index contributed by atoms with van der Waals surface area (Å²) in [6.07, 6.45) is 2.54. The first kappa shape index (κ1) is 30.2. The first-order valence-electron chi connectivity index (χ1n) is 13.4. The van der Waals surface area contributed by atoms with E-state index in [1.54, 1.807) is 39.0 Å². The van der Waals surface area contributed by atoms with Gasteiger partial charge in [0.2, 0.25) is 5.91 Å². The third-order valence-electron chi connectivity index (χ3n) is 6.25. The molecule has 0 saturated carbocycles. The normalized spacial score (nSPS) is 12.8. The molecule has 0 spiro atoms. The third-order valence-corrected chi connectivity index (χ3v) is 6.25. The van der Waals surface area contributed by atoms with E-state index in [9.17, 15) is 14.4 Å². The van der Waals surface area contributed by atoms with Crippen LogP contribution in [0.25, 0.3) is 16.8 Å². The molecule has 0 aromatic heterocycles. The summed E-state index contributed by atoms with van der Waals surface area (Å²) in [6, 6.07) is 18.9. The summed E-state index contributed by atoms with van der Waals surface area (Å²) in [6.45, 7) is 16.7. The summed E-state index contributed by atoms with van der Waals surface area (Å²) >= 11 is 0. The second-order valence-corrected chi connectivity index (χ2v) is 11.0. The average Bonchev–Trinajstić information content (AvgIpc) is 2.90. The van der Waals surface area contributed by atoms with Crippen LogP contribution in [0.4, 0.5) is 10.5 Å². The highest BCUT2D eigenvalue weighted by Crippen LogP contribution is 2.27. The Labute approximate surface area is 236 Å². The van der Waals surface area contributed by atoms with Gasteiger partial charge >= 0.3 is 6.09 Å². The standard InChI is InChI=1S/C33H39N3O4/c1-8-19-36(31(38)28(22(3)4)35-32(39)40-33(5,6)7)29(26-16-12-13-23(9-2)20-26)30(37)34-27-18-17-24-14-10-11-15-25(24)21-27/h8-18,20-22,28-29H,1-2,19H2,3-7H3,(H,34,37)(H,35,39). The predicted octanol–water partition coefficient (Wildman–Crippen LogP) is 6.73. The van der Waals surface area contributed by atoms with Gasteiger partial charge in [0.1, 0.15) is 17.7 Å². The van der Waals surface area contributed by atoms with Crippen molar-refractivity contribution < 1.29 is 19.1 Å². The maximum atomic E-state index is 14.1. The number of anilines is 1. The summed E-state index contributed by atoms with van der Waals surface area (Å²) in [7, 11) is 0. The van der Waals surface area contributed by atoms with Gasteiger partial charge in [-0.15, -0.1) is 6.58 Å². The number of fused-ring (bicyclic) bond motifs is 1. The molecule has 0 aliphatic rings. The highest BCUT2D eigenvalue weighted by Gasteiger charge is 2.37. The first-order valence-corrected chi connectivity index (χ1v) is 13.4. The third kappa shape index (κ3) is 7.82. The van der Waals surface area contributed by atoms with Crippen LogP contribution in [-0.2, 0) is 14.3 Å².